The van der Waals surface area contributed by atoms with Crippen LogP contribution in [0.2, 0.25) is 0 Å². The molecule has 1 saturated heterocycles. The molecular formula is C17H23FN2O3. The largest absolute Gasteiger partial charge is 0.494 e. The number of amides is 1. The molecule has 2 fully saturated rings. The fourth-order valence-corrected chi connectivity index (χ4v) is 4.02. The first-order valence-electron chi connectivity index (χ1n) is 7.88. The van der Waals surface area contributed by atoms with E-state index in [0.29, 0.717) is 12.3 Å². The Morgan fingerprint density at radius 3 is 2.87 bits per heavy atom. The van der Waals surface area contributed by atoms with E-state index in [1.54, 1.807) is 6.07 Å². The quantitative estimate of drug-likeness (QED) is 0.895. The minimum atomic E-state index is -1.02. The number of methoxy groups -OCH3 is 1. The fourth-order valence-electron chi connectivity index (χ4n) is 4.02. The van der Waals surface area contributed by atoms with Crippen molar-refractivity contribution < 1.29 is 18.7 Å². The van der Waals surface area contributed by atoms with E-state index < -0.39 is 16.8 Å². The smallest absolute Gasteiger partial charge is 0.245 e. The Kier molecular flexibility index (Phi) is 3.84. The van der Waals surface area contributed by atoms with Gasteiger partial charge in [0.05, 0.1) is 13.2 Å². The lowest BCUT2D eigenvalue weighted by molar-refractivity contribution is -0.222. The molecule has 1 heterocycles. The summed E-state index contributed by atoms with van der Waals surface area (Å²) in [4.78, 5) is 12.8. The van der Waals surface area contributed by atoms with Crippen LogP contribution in [-0.4, -0.2) is 31.3 Å². The highest BCUT2D eigenvalue weighted by Gasteiger charge is 2.70. The van der Waals surface area contributed by atoms with Crippen molar-refractivity contribution in [1.82, 2.24) is 0 Å². The van der Waals surface area contributed by atoms with Crippen molar-refractivity contribution in [3.05, 3.63) is 24.0 Å². The van der Waals surface area contributed by atoms with Crippen LogP contribution >= 0.6 is 0 Å². The average molecular weight is 322 g/mol. The van der Waals surface area contributed by atoms with Gasteiger partial charge in [0, 0.05) is 29.7 Å². The monoisotopic (exact) mass is 322 g/mol. The molecule has 3 unspecified atom stereocenters. The van der Waals surface area contributed by atoms with Gasteiger partial charge in [-0.25, -0.2) is 4.39 Å². The van der Waals surface area contributed by atoms with E-state index in [1.165, 1.54) is 19.2 Å². The summed E-state index contributed by atoms with van der Waals surface area (Å²) in [5.41, 5.74) is 5.40. The molecule has 23 heavy (non-hydrogen) atoms. The molecule has 1 aliphatic carbocycles. The van der Waals surface area contributed by atoms with Crippen LogP contribution in [0.1, 0.15) is 26.7 Å². The van der Waals surface area contributed by atoms with Gasteiger partial charge >= 0.3 is 0 Å². The number of anilines is 1. The van der Waals surface area contributed by atoms with Gasteiger partial charge in [0.2, 0.25) is 5.91 Å². The second kappa shape index (κ2) is 5.46. The van der Waals surface area contributed by atoms with E-state index in [-0.39, 0.29) is 23.7 Å². The van der Waals surface area contributed by atoms with Crippen LogP contribution in [0, 0.1) is 17.2 Å². The van der Waals surface area contributed by atoms with Gasteiger partial charge in [0.15, 0.2) is 11.6 Å². The lowest BCUT2D eigenvalue weighted by Gasteiger charge is -2.65. The Morgan fingerprint density at radius 1 is 1.48 bits per heavy atom. The molecule has 1 aromatic carbocycles. The third-order valence-electron chi connectivity index (χ3n) is 5.47. The van der Waals surface area contributed by atoms with Crippen molar-refractivity contribution in [3.8, 4) is 5.75 Å². The zero-order valence-electron chi connectivity index (χ0n) is 13.7. The summed E-state index contributed by atoms with van der Waals surface area (Å²) in [6.07, 6.45) is 1.77. The van der Waals surface area contributed by atoms with Crippen LogP contribution in [0.5, 0.6) is 5.75 Å². The normalized spacial score (nSPS) is 31.7. The third kappa shape index (κ3) is 2.23. The number of rotatable bonds is 3. The molecule has 126 valence electrons. The summed E-state index contributed by atoms with van der Waals surface area (Å²) in [6, 6.07) is 4.32. The SMILES string of the molecule is COc1ccc(NC(=O)C2(N)C3CCCOC3C2(C)C)cc1F. The third-order valence-corrected chi connectivity index (χ3v) is 5.47. The van der Waals surface area contributed by atoms with Crippen LogP contribution in [0.3, 0.4) is 0 Å². The molecule has 1 saturated carbocycles. The Bertz CT molecular complexity index is 634. The molecule has 1 aliphatic heterocycles. The molecule has 0 bridgehead atoms. The van der Waals surface area contributed by atoms with E-state index in [1.807, 2.05) is 13.8 Å². The van der Waals surface area contributed by atoms with Crippen molar-refractivity contribution in [2.45, 2.75) is 38.3 Å². The van der Waals surface area contributed by atoms with E-state index in [9.17, 15) is 9.18 Å². The zero-order valence-corrected chi connectivity index (χ0v) is 13.7. The second-order valence-electron chi connectivity index (χ2n) is 6.93. The molecule has 5 nitrogen and oxygen atoms in total. The minimum Gasteiger partial charge on any atom is -0.494 e. The molecule has 0 spiro atoms. The van der Waals surface area contributed by atoms with E-state index in [2.05, 4.69) is 5.32 Å². The van der Waals surface area contributed by atoms with Crippen molar-refractivity contribution in [1.29, 1.82) is 0 Å². The maximum atomic E-state index is 13.8. The molecule has 3 N–H and O–H groups in total. The summed E-state index contributed by atoms with van der Waals surface area (Å²) in [5.74, 6) is -0.688. The molecule has 0 radical (unpaired) electrons. The number of fused-ring (bicyclic) bond motifs is 1. The van der Waals surface area contributed by atoms with Crippen molar-refractivity contribution in [2.75, 3.05) is 19.0 Å². The van der Waals surface area contributed by atoms with Crippen molar-refractivity contribution in [3.63, 3.8) is 0 Å². The summed E-state index contributed by atoms with van der Waals surface area (Å²) in [7, 11) is 1.39. The number of hydrogen-bond acceptors (Lipinski definition) is 4. The van der Waals surface area contributed by atoms with E-state index >= 15 is 0 Å². The summed E-state index contributed by atoms with van der Waals surface area (Å²) < 4.78 is 24.5. The van der Waals surface area contributed by atoms with Gasteiger partial charge in [-0.3, -0.25) is 4.79 Å². The summed E-state index contributed by atoms with van der Waals surface area (Å²) >= 11 is 0. The Hall–Kier alpha value is -1.66. The van der Waals surface area contributed by atoms with Crippen molar-refractivity contribution in [2.24, 2.45) is 17.1 Å². The molecular weight excluding hydrogens is 299 g/mol. The lowest BCUT2D eigenvalue weighted by Crippen LogP contribution is -2.81. The number of hydrogen-bond donors (Lipinski definition) is 2. The van der Waals surface area contributed by atoms with E-state index in [0.717, 1.165) is 12.8 Å². The highest BCUT2D eigenvalue weighted by Crippen LogP contribution is 2.57. The molecule has 1 amide bonds. The van der Waals surface area contributed by atoms with Gasteiger partial charge in [0.25, 0.3) is 0 Å². The number of carbonyl (C=O) groups excluding carboxylic acids is 1. The van der Waals surface area contributed by atoms with Crippen molar-refractivity contribution >= 4 is 11.6 Å². The van der Waals surface area contributed by atoms with Gasteiger partial charge in [0.1, 0.15) is 5.54 Å². The molecule has 2 aliphatic rings. The van der Waals surface area contributed by atoms with Crippen LogP contribution in [0.4, 0.5) is 10.1 Å². The second-order valence-corrected chi connectivity index (χ2v) is 6.93. The maximum Gasteiger partial charge on any atom is 0.245 e. The molecule has 0 aromatic heterocycles. The van der Waals surface area contributed by atoms with Gasteiger partial charge in [-0.05, 0) is 25.0 Å². The molecule has 3 atom stereocenters. The zero-order chi connectivity index (χ0) is 16.8. The first-order chi connectivity index (χ1) is 10.8. The highest BCUT2D eigenvalue weighted by atomic mass is 19.1. The fraction of sp³-hybridized carbons (Fsp3) is 0.588. The number of ether oxygens (including phenoxy) is 2. The number of nitrogens with one attached hydrogen (secondary N) is 1. The standard InChI is InChI=1S/C17H23FN2O3/c1-16(2)14-11(5-4-8-23-14)17(16,19)15(21)20-10-6-7-13(22-3)12(18)9-10/h6-7,9,11,14H,4-5,8,19H2,1-3H3,(H,20,21). The maximum absolute atomic E-state index is 13.8. The Morgan fingerprint density at radius 2 is 2.22 bits per heavy atom. The predicted octanol–water partition coefficient (Wildman–Crippen LogP) is 2.31. The first-order valence-corrected chi connectivity index (χ1v) is 7.88. The highest BCUT2D eigenvalue weighted by molar-refractivity contribution is 6.00. The number of benzene rings is 1. The average Bonchev–Trinajstić information content (AvgIpc) is 2.54. The number of carbonyl (C=O) groups is 1. The molecule has 1 aromatic rings. The number of nitrogens with two attached hydrogens (primary N) is 1. The number of halogens is 1. The molecule has 3 rings (SSSR count). The Labute approximate surface area is 135 Å². The molecule has 6 heteroatoms. The van der Waals surface area contributed by atoms with Gasteiger partial charge in [-0.15, -0.1) is 0 Å². The lowest BCUT2D eigenvalue weighted by atomic mass is 9.46. The van der Waals surface area contributed by atoms with Gasteiger partial charge in [-0.1, -0.05) is 13.8 Å². The first kappa shape index (κ1) is 16.2. The van der Waals surface area contributed by atoms with Crippen LogP contribution in [-0.2, 0) is 9.53 Å². The predicted molar refractivity (Wildman–Crippen MR) is 84.7 cm³/mol. The topological polar surface area (TPSA) is 73.6 Å². The van der Waals surface area contributed by atoms with Gasteiger partial charge in [-0.2, -0.15) is 0 Å². The van der Waals surface area contributed by atoms with Crippen LogP contribution in [0.25, 0.3) is 0 Å². The minimum absolute atomic E-state index is 0.000367. The summed E-state index contributed by atoms with van der Waals surface area (Å²) in [6.45, 7) is 4.62. The Balaban J connectivity index is 1.81. The van der Waals surface area contributed by atoms with E-state index in [4.69, 9.17) is 15.2 Å². The van der Waals surface area contributed by atoms with Gasteiger partial charge < -0.3 is 20.5 Å². The van der Waals surface area contributed by atoms with Crippen LogP contribution in [0.15, 0.2) is 18.2 Å². The summed E-state index contributed by atoms with van der Waals surface area (Å²) in [5, 5.41) is 2.75. The van der Waals surface area contributed by atoms with Crippen LogP contribution < -0.4 is 15.8 Å².